The fraction of sp³-hybridized carbons (Fsp3) is 0.273. The number of H-pyrrole nitrogens is 1. The highest BCUT2D eigenvalue weighted by molar-refractivity contribution is 5.30. The molecule has 0 saturated heterocycles. The summed E-state index contributed by atoms with van der Waals surface area (Å²) < 4.78 is 14.1. The van der Waals surface area contributed by atoms with Gasteiger partial charge in [0, 0.05) is 6.54 Å². The van der Waals surface area contributed by atoms with E-state index in [1.54, 1.807) is 0 Å². The molecule has 0 unspecified atom stereocenters. The monoisotopic (exact) mass is 265 g/mol. The third kappa shape index (κ3) is 3.03. The standard InChI is InChI=1S/C11H12FN5O2/c1-2-13-9-4-14-7(3-15-9)5-17-6-8(12)10(18)16-11(17)19/h3-4,6H,2,5H2,1H3,(H,13,15)(H,16,18,19). The van der Waals surface area contributed by atoms with Gasteiger partial charge in [-0.3, -0.25) is 19.3 Å². The normalized spacial score (nSPS) is 10.4. The summed E-state index contributed by atoms with van der Waals surface area (Å²) in [6.07, 6.45) is 3.85. The van der Waals surface area contributed by atoms with Gasteiger partial charge in [-0.2, -0.15) is 4.39 Å². The predicted molar refractivity (Wildman–Crippen MR) is 66.6 cm³/mol. The topological polar surface area (TPSA) is 92.7 Å². The summed E-state index contributed by atoms with van der Waals surface area (Å²) in [7, 11) is 0. The first-order valence-corrected chi connectivity index (χ1v) is 5.64. The van der Waals surface area contributed by atoms with Crippen LogP contribution in [-0.2, 0) is 6.54 Å². The van der Waals surface area contributed by atoms with Crippen molar-refractivity contribution in [1.82, 2.24) is 19.5 Å². The van der Waals surface area contributed by atoms with Crippen molar-refractivity contribution in [3.05, 3.63) is 50.9 Å². The highest BCUT2D eigenvalue weighted by Crippen LogP contribution is 2.01. The van der Waals surface area contributed by atoms with Crippen LogP contribution in [0, 0.1) is 5.82 Å². The van der Waals surface area contributed by atoms with Gasteiger partial charge in [-0.1, -0.05) is 0 Å². The molecule has 0 aromatic carbocycles. The highest BCUT2D eigenvalue weighted by Gasteiger charge is 2.05. The zero-order chi connectivity index (χ0) is 13.8. The Morgan fingerprint density at radius 2 is 2.16 bits per heavy atom. The van der Waals surface area contributed by atoms with Crippen molar-refractivity contribution >= 4 is 5.82 Å². The van der Waals surface area contributed by atoms with Crippen molar-refractivity contribution in [2.45, 2.75) is 13.5 Å². The van der Waals surface area contributed by atoms with E-state index in [9.17, 15) is 14.0 Å². The number of aromatic nitrogens is 4. The van der Waals surface area contributed by atoms with Gasteiger partial charge >= 0.3 is 5.69 Å². The van der Waals surface area contributed by atoms with Gasteiger partial charge in [0.1, 0.15) is 5.82 Å². The molecule has 0 aliphatic carbocycles. The maximum Gasteiger partial charge on any atom is 0.328 e. The van der Waals surface area contributed by atoms with Crippen LogP contribution in [0.1, 0.15) is 12.6 Å². The predicted octanol–water partition coefficient (Wildman–Crippen LogP) is -0.0542. The third-order valence-electron chi connectivity index (χ3n) is 2.36. The first-order chi connectivity index (χ1) is 9.10. The number of hydrogen-bond acceptors (Lipinski definition) is 5. The second-order valence-corrected chi connectivity index (χ2v) is 3.79. The molecule has 19 heavy (non-hydrogen) atoms. The smallest absolute Gasteiger partial charge is 0.328 e. The lowest BCUT2D eigenvalue weighted by molar-refractivity contribution is 0.563. The van der Waals surface area contributed by atoms with E-state index in [4.69, 9.17) is 0 Å². The molecule has 0 aliphatic rings. The van der Waals surface area contributed by atoms with Crippen molar-refractivity contribution in [3.63, 3.8) is 0 Å². The van der Waals surface area contributed by atoms with Crippen LogP contribution in [0.3, 0.4) is 0 Å². The zero-order valence-corrected chi connectivity index (χ0v) is 10.2. The molecular formula is C11H12FN5O2. The first kappa shape index (κ1) is 12.9. The Morgan fingerprint density at radius 3 is 2.79 bits per heavy atom. The highest BCUT2D eigenvalue weighted by atomic mass is 19.1. The fourth-order valence-corrected chi connectivity index (χ4v) is 1.48. The van der Waals surface area contributed by atoms with E-state index in [2.05, 4.69) is 15.3 Å². The third-order valence-corrected chi connectivity index (χ3v) is 2.36. The molecule has 2 heterocycles. The van der Waals surface area contributed by atoms with Crippen LogP contribution in [0.5, 0.6) is 0 Å². The number of rotatable bonds is 4. The molecule has 0 fully saturated rings. The van der Waals surface area contributed by atoms with E-state index in [-0.39, 0.29) is 6.54 Å². The number of aromatic amines is 1. The van der Waals surface area contributed by atoms with Crippen LogP contribution < -0.4 is 16.6 Å². The Kier molecular flexibility index (Phi) is 3.69. The maximum atomic E-state index is 13.1. The Bertz CT molecular complexity index is 677. The molecule has 8 heteroatoms. The van der Waals surface area contributed by atoms with Crippen LogP contribution >= 0.6 is 0 Å². The Labute approximate surface area is 107 Å². The summed E-state index contributed by atoms with van der Waals surface area (Å²) in [6.45, 7) is 2.68. The molecule has 100 valence electrons. The average molecular weight is 265 g/mol. The zero-order valence-electron chi connectivity index (χ0n) is 10.2. The number of hydrogen-bond donors (Lipinski definition) is 2. The van der Waals surface area contributed by atoms with Crippen LogP contribution in [0.2, 0.25) is 0 Å². The number of nitrogens with zero attached hydrogens (tertiary/aromatic N) is 3. The Hall–Kier alpha value is -2.51. The van der Waals surface area contributed by atoms with Crippen molar-refractivity contribution in [1.29, 1.82) is 0 Å². The van der Waals surface area contributed by atoms with Crippen LogP contribution in [0.4, 0.5) is 10.2 Å². The van der Waals surface area contributed by atoms with Gasteiger partial charge in [0.2, 0.25) is 5.82 Å². The van der Waals surface area contributed by atoms with Crippen molar-refractivity contribution in [2.75, 3.05) is 11.9 Å². The summed E-state index contributed by atoms with van der Waals surface area (Å²) in [4.78, 5) is 32.4. The lowest BCUT2D eigenvalue weighted by Gasteiger charge is -2.05. The molecule has 0 spiro atoms. The molecule has 0 bridgehead atoms. The second-order valence-electron chi connectivity index (χ2n) is 3.79. The molecule has 0 atom stereocenters. The van der Waals surface area contributed by atoms with E-state index in [0.29, 0.717) is 11.5 Å². The molecule has 7 nitrogen and oxygen atoms in total. The number of anilines is 1. The van der Waals surface area contributed by atoms with Gasteiger partial charge in [-0.25, -0.2) is 9.78 Å². The van der Waals surface area contributed by atoms with Gasteiger partial charge in [0.15, 0.2) is 0 Å². The van der Waals surface area contributed by atoms with Crippen molar-refractivity contribution in [3.8, 4) is 0 Å². The van der Waals surface area contributed by atoms with Gasteiger partial charge in [0.05, 0.1) is 30.8 Å². The lowest BCUT2D eigenvalue weighted by atomic mass is 10.4. The van der Waals surface area contributed by atoms with Gasteiger partial charge < -0.3 is 5.32 Å². The van der Waals surface area contributed by atoms with E-state index in [1.165, 1.54) is 12.4 Å². The first-order valence-electron chi connectivity index (χ1n) is 5.64. The summed E-state index contributed by atoms with van der Waals surface area (Å²) in [6, 6.07) is 0. The minimum absolute atomic E-state index is 0.0337. The molecular weight excluding hydrogens is 253 g/mol. The van der Waals surface area contributed by atoms with Crippen molar-refractivity contribution < 1.29 is 4.39 Å². The number of nitrogens with one attached hydrogen (secondary N) is 2. The average Bonchev–Trinajstić information content (AvgIpc) is 2.38. The summed E-state index contributed by atoms with van der Waals surface area (Å²) in [5.41, 5.74) is -1.24. The Balaban J connectivity index is 2.24. The molecule has 2 rings (SSSR count). The van der Waals surface area contributed by atoms with E-state index in [0.717, 1.165) is 17.3 Å². The maximum absolute atomic E-state index is 13.1. The van der Waals surface area contributed by atoms with Crippen LogP contribution in [-0.4, -0.2) is 26.1 Å². The fourth-order valence-electron chi connectivity index (χ4n) is 1.48. The molecule has 0 aliphatic heterocycles. The van der Waals surface area contributed by atoms with E-state index in [1.807, 2.05) is 11.9 Å². The quantitative estimate of drug-likeness (QED) is 0.808. The van der Waals surface area contributed by atoms with E-state index >= 15 is 0 Å². The van der Waals surface area contributed by atoms with Gasteiger partial charge in [-0.05, 0) is 6.92 Å². The Morgan fingerprint density at radius 1 is 1.37 bits per heavy atom. The minimum atomic E-state index is -1.03. The molecule has 0 saturated carbocycles. The SMILES string of the molecule is CCNc1cnc(Cn2cc(F)c(=O)[nH]c2=O)cn1. The molecule has 2 aromatic rings. The molecule has 2 aromatic heterocycles. The molecule has 0 radical (unpaired) electrons. The van der Waals surface area contributed by atoms with Crippen LogP contribution in [0.25, 0.3) is 0 Å². The number of halogens is 1. The summed E-state index contributed by atoms with van der Waals surface area (Å²) in [5.74, 6) is -0.400. The summed E-state index contributed by atoms with van der Waals surface area (Å²) >= 11 is 0. The summed E-state index contributed by atoms with van der Waals surface area (Å²) in [5, 5.41) is 2.98. The van der Waals surface area contributed by atoms with Crippen LogP contribution in [0.15, 0.2) is 28.2 Å². The molecule has 0 amide bonds. The minimum Gasteiger partial charge on any atom is -0.369 e. The largest absolute Gasteiger partial charge is 0.369 e. The lowest BCUT2D eigenvalue weighted by Crippen LogP contribution is -2.31. The van der Waals surface area contributed by atoms with Crippen molar-refractivity contribution in [2.24, 2.45) is 0 Å². The second kappa shape index (κ2) is 5.42. The van der Waals surface area contributed by atoms with E-state index < -0.39 is 17.1 Å². The molecule has 2 N–H and O–H groups in total. The van der Waals surface area contributed by atoms with Gasteiger partial charge in [-0.15, -0.1) is 0 Å². The van der Waals surface area contributed by atoms with Gasteiger partial charge in [0.25, 0.3) is 5.56 Å².